The van der Waals surface area contributed by atoms with E-state index in [1.807, 2.05) is 12.1 Å². The lowest BCUT2D eigenvalue weighted by Gasteiger charge is -2.10. The molecular weight excluding hydrogens is 281 g/mol. The van der Waals surface area contributed by atoms with Gasteiger partial charge in [0, 0.05) is 18.0 Å². The Morgan fingerprint density at radius 3 is 2.89 bits per heavy atom. The summed E-state index contributed by atoms with van der Waals surface area (Å²) in [5.41, 5.74) is 3.34. The number of hydrogen-bond acceptors (Lipinski definition) is 2. The highest BCUT2D eigenvalue weighted by Gasteiger charge is 2.11. The average molecular weight is 294 g/mol. The van der Waals surface area contributed by atoms with Crippen molar-refractivity contribution < 1.29 is 4.74 Å². The van der Waals surface area contributed by atoms with Crippen LogP contribution in [0.3, 0.4) is 0 Å². The van der Waals surface area contributed by atoms with E-state index < -0.39 is 0 Å². The van der Waals surface area contributed by atoms with Gasteiger partial charge in [-0.15, -0.1) is 0 Å². The van der Waals surface area contributed by atoms with Gasteiger partial charge in [-0.25, -0.2) is 0 Å². The molecule has 0 unspecified atom stereocenters. The SMILES string of the molecule is Clc1ccc(Cl)c(NCc2ccc3c(c2)CCO3)c1. The molecule has 19 heavy (non-hydrogen) atoms. The van der Waals surface area contributed by atoms with Gasteiger partial charge < -0.3 is 10.1 Å². The number of ether oxygens (including phenoxy) is 1. The van der Waals surface area contributed by atoms with Crippen LogP contribution in [0.4, 0.5) is 5.69 Å². The van der Waals surface area contributed by atoms with Gasteiger partial charge in [-0.1, -0.05) is 35.3 Å². The van der Waals surface area contributed by atoms with E-state index in [0.717, 1.165) is 24.5 Å². The fourth-order valence-corrected chi connectivity index (χ4v) is 2.54. The van der Waals surface area contributed by atoms with Crippen molar-refractivity contribution in [1.82, 2.24) is 0 Å². The summed E-state index contributed by atoms with van der Waals surface area (Å²) in [7, 11) is 0. The summed E-state index contributed by atoms with van der Waals surface area (Å²) >= 11 is 12.1. The minimum absolute atomic E-state index is 0.675. The van der Waals surface area contributed by atoms with Crippen molar-refractivity contribution in [2.75, 3.05) is 11.9 Å². The number of nitrogens with one attached hydrogen (secondary N) is 1. The zero-order valence-electron chi connectivity index (χ0n) is 10.2. The van der Waals surface area contributed by atoms with E-state index in [4.69, 9.17) is 27.9 Å². The molecule has 0 saturated carbocycles. The van der Waals surface area contributed by atoms with Crippen LogP contribution in [0.2, 0.25) is 10.0 Å². The lowest BCUT2D eigenvalue weighted by molar-refractivity contribution is 0.357. The number of fused-ring (bicyclic) bond motifs is 1. The molecule has 2 aromatic carbocycles. The Bertz CT molecular complexity index is 613. The Kier molecular flexibility index (Phi) is 3.54. The van der Waals surface area contributed by atoms with Crippen LogP contribution < -0.4 is 10.1 Å². The van der Waals surface area contributed by atoms with Crippen molar-refractivity contribution in [2.45, 2.75) is 13.0 Å². The number of hydrogen-bond donors (Lipinski definition) is 1. The molecule has 1 heterocycles. The van der Waals surface area contributed by atoms with Gasteiger partial charge in [-0.2, -0.15) is 0 Å². The van der Waals surface area contributed by atoms with E-state index >= 15 is 0 Å². The van der Waals surface area contributed by atoms with Gasteiger partial charge >= 0.3 is 0 Å². The molecule has 0 aromatic heterocycles. The summed E-state index contributed by atoms with van der Waals surface area (Å²) in [6.07, 6.45) is 0.987. The van der Waals surface area contributed by atoms with Crippen molar-refractivity contribution in [3.8, 4) is 5.75 Å². The second-order valence-electron chi connectivity index (χ2n) is 4.52. The second-order valence-corrected chi connectivity index (χ2v) is 5.36. The molecule has 0 aliphatic carbocycles. The van der Waals surface area contributed by atoms with Crippen LogP contribution in [-0.2, 0) is 13.0 Å². The molecule has 0 spiro atoms. The molecule has 1 aliphatic heterocycles. The standard InChI is InChI=1S/C15H13Cl2NO/c16-12-2-3-13(17)14(8-12)18-9-10-1-4-15-11(7-10)5-6-19-15/h1-4,7-8,18H,5-6,9H2. The highest BCUT2D eigenvalue weighted by molar-refractivity contribution is 6.35. The third kappa shape index (κ3) is 2.80. The van der Waals surface area contributed by atoms with Crippen molar-refractivity contribution in [3.05, 3.63) is 57.6 Å². The Morgan fingerprint density at radius 2 is 2.00 bits per heavy atom. The fourth-order valence-electron chi connectivity index (χ4n) is 2.18. The highest BCUT2D eigenvalue weighted by atomic mass is 35.5. The van der Waals surface area contributed by atoms with Crippen LogP contribution in [0, 0.1) is 0 Å². The third-order valence-electron chi connectivity index (χ3n) is 3.17. The Hall–Kier alpha value is -1.38. The molecule has 3 rings (SSSR count). The van der Waals surface area contributed by atoms with Gasteiger partial charge in [-0.3, -0.25) is 0 Å². The Morgan fingerprint density at radius 1 is 1.11 bits per heavy atom. The maximum atomic E-state index is 6.12. The number of anilines is 1. The fraction of sp³-hybridized carbons (Fsp3) is 0.200. The van der Waals surface area contributed by atoms with Crippen molar-refractivity contribution in [3.63, 3.8) is 0 Å². The predicted molar refractivity (Wildman–Crippen MR) is 79.4 cm³/mol. The van der Waals surface area contributed by atoms with E-state index in [0.29, 0.717) is 16.6 Å². The first-order valence-electron chi connectivity index (χ1n) is 6.16. The molecule has 0 saturated heterocycles. The van der Waals surface area contributed by atoms with Crippen molar-refractivity contribution >= 4 is 28.9 Å². The molecule has 4 heteroatoms. The minimum atomic E-state index is 0.675. The van der Waals surface area contributed by atoms with Gasteiger partial charge in [0.1, 0.15) is 5.75 Å². The monoisotopic (exact) mass is 293 g/mol. The summed E-state index contributed by atoms with van der Waals surface area (Å²) in [5, 5.41) is 4.65. The summed E-state index contributed by atoms with van der Waals surface area (Å²) in [5.74, 6) is 1.00. The minimum Gasteiger partial charge on any atom is -0.493 e. The van der Waals surface area contributed by atoms with E-state index in [2.05, 4.69) is 17.4 Å². The summed E-state index contributed by atoms with van der Waals surface area (Å²) in [6.45, 7) is 1.50. The smallest absolute Gasteiger partial charge is 0.122 e. The van der Waals surface area contributed by atoms with E-state index in [1.54, 1.807) is 12.1 Å². The first-order valence-corrected chi connectivity index (χ1v) is 6.91. The number of benzene rings is 2. The predicted octanol–water partition coefficient (Wildman–Crippen LogP) is 4.54. The van der Waals surface area contributed by atoms with Crippen LogP contribution in [0.25, 0.3) is 0 Å². The molecule has 2 nitrogen and oxygen atoms in total. The maximum Gasteiger partial charge on any atom is 0.122 e. The zero-order valence-corrected chi connectivity index (χ0v) is 11.8. The molecule has 2 aromatic rings. The van der Waals surface area contributed by atoms with Crippen molar-refractivity contribution in [1.29, 1.82) is 0 Å². The lowest BCUT2D eigenvalue weighted by Crippen LogP contribution is -2.00. The Labute approximate surface area is 122 Å². The van der Waals surface area contributed by atoms with Crippen LogP contribution in [0.15, 0.2) is 36.4 Å². The van der Waals surface area contributed by atoms with Crippen molar-refractivity contribution in [2.24, 2.45) is 0 Å². The number of rotatable bonds is 3. The summed E-state index contributed by atoms with van der Waals surface area (Å²) in [4.78, 5) is 0. The van der Waals surface area contributed by atoms with Crippen LogP contribution >= 0.6 is 23.2 Å². The van der Waals surface area contributed by atoms with Crippen LogP contribution in [-0.4, -0.2) is 6.61 Å². The third-order valence-corrected chi connectivity index (χ3v) is 3.73. The molecule has 0 radical (unpaired) electrons. The van der Waals surface area contributed by atoms with E-state index in [9.17, 15) is 0 Å². The van der Waals surface area contributed by atoms with Gasteiger partial charge in [-0.05, 0) is 35.4 Å². The van der Waals surface area contributed by atoms with Crippen LogP contribution in [0.5, 0.6) is 5.75 Å². The normalized spacial score (nSPS) is 12.9. The quantitative estimate of drug-likeness (QED) is 0.897. The Balaban J connectivity index is 1.74. The largest absolute Gasteiger partial charge is 0.493 e. The summed E-state index contributed by atoms with van der Waals surface area (Å²) in [6, 6.07) is 11.7. The molecular formula is C15H13Cl2NO. The van der Waals surface area contributed by atoms with Crippen LogP contribution in [0.1, 0.15) is 11.1 Å². The molecule has 0 atom stereocenters. The first-order chi connectivity index (χ1) is 9.22. The average Bonchev–Trinajstić information content (AvgIpc) is 2.87. The highest BCUT2D eigenvalue weighted by Crippen LogP contribution is 2.28. The number of halogens is 2. The van der Waals surface area contributed by atoms with Gasteiger partial charge in [0.15, 0.2) is 0 Å². The molecule has 0 amide bonds. The summed E-state index contributed by atoms with van der Waals surface area (Å²) < 4.78 is 5.49. The van der Waals surface area contributed by atoms with E-state index in [1.165, 1.54) is 11.1 Å². The molecule has 0 fully saturated rings. The lowest BCUT2D eigenvalue weighted by atomic mass is 10.1. The van der Waals surface area contributed by atoms with Gasteiger partial charge in [0.25, 0.3) is 0 Å². The van der Waals surface area contributed by atoms with E-state index in [-0.39, 0.29) is 0 Å². The topological polar surface area (TPSA) is 21.3 Å². The first kappa shape index (κ1) is 12.6. The second kappa shape index (κ2) is 5.32. The van der Waals surface area contributed by atoms with Gasteiger partial charge in [0.2, 0.25) is 0 Å². The maximum absolute atomic E-state index is 6.12. The zero-order chi connectivity index (χ0) is 13.2. The van der Waals surface area contributed by atoms with Gasteiger partial charge in [0.05, 0.1) is 17.3 Å². The molecule has 0 bridgehead atoms. The molecule has 98 valence electrons. The molecule has 1 aliphatic rings. The molecule has 1 N–H and O–H groups in total.